The van der Waals surface area contributed by atoms with Crippen LogP contribution in [0.2, 0.25) is 0 Å². The van der Waals surface area contributed by atoms with E-state index in [0.29, 0.717) is 6.04 Å². The van der Waals surface area contributed by atoms with Crippen LogP contribution >= 0.6 is 11.8 Å². The quantitative estimate of drug-likeness (QED) is 0.546. The maximum Gasteiger partial charge on any atom is 0.237 e. The van der Waals surface area contributed by atoms with Crippen LogP contribution in [-0.4, -0.2) is 36.0 Å². The summed E-state index contributed by atoms with van der Waals surface area (Å²) in [7, 11) is 0. The highest BCUT2D eigenvalue weighted by Crippen LogP contribution is 2.17. The average Bonchev–Trinajstić information content (AvgIpc) is 2.39. The third-order valence-electron chi connectivity index (χ3n) is 3.23. The molecular weight excluding hydrogens is 244 g/mol. The summed E-state index contributed by atoms with van der Waals surface area (Å²) in [6.45, 7) is 2.75. The highest BCUT2D eigenvalue weighted by molar-refractivity contribution is 7.99. The number of carbonyl (C=O) groups is 1. The Bertz CT molecular complexity index is 282. The molecule has 0 heterocycles. The average molecular weight is 268 g/mol. The van der Waals surface area contributed by atoms with Gasteiger partial charge in [0.25, 0.3) is 0 Å². The van der Waals surface area contributed by atoms with Crippen LogP contribution in [0.15, 0.2) is 0 Å². The zero-order chi connectivity index (χ0) is 13.2. The van der Waals surface area contributed by atoms with Crippen molar-refractivity contribution in [2.24, 2.45) is 0 Å². The summed E-state index contributed by atoms with van der Waals surface area (Å²) >= 11 is 1.71. The lowest BCUT2D eigenvalue weighted by Gasteiger charge is -2.24. The molecule has 4 heteroatoms. The normalized spacial score (nSPS) is 18.0. The van der Waals surface area contributed by atoms with Gasteiger partial charge in [-0.25, -0.2) is 0 Å². The summed E-state index contributed by atoms with van der Waals surface area (Å²) in [6, 6.07) is 0.282. The molecule has 102 valence electrons. The van der Waals surface area contributed by atoms with Crippen molar-refractivity contribution in [1.29, 1.82) is 0 Å². The summed E-state index contributed by atoms with van der Waals surface area (Å²) in [4.78, 5) is 11.9. The van der Waals surface area contributed by atoms with E-state index >= 15 is 0 Å². The van der Waals surface area contributed by atoms with Crippen LogP contribution in [0, 0.1) is 12.3 Å². The van der Waals surface area contributed by atoms with Crippen molar-refractivity contribution in [2.45, 2.75) is 51.1 Å². The summed E-state index contributed by atoms with van der Waals surface area (Å²) in [6.07, 6.45) is 11.2. The van der Waals surface area contributed by atoms with E-state index < -0.39 is 0 Å². The Labute approximate surface area is 115 Å². The van der Waals surface area contributed by atoms with E-state index in [1.54, 1.807) is 11.8 Å². The fourth-order valence-corrected chi connectivity index (χ4v) is 2.67. The van der Waals surface area contributed by atoms with Crippen molar-refractivity contribution in [1.82, 2.24) is 10.6 Å². The van der Waals surface area contributed by atoms with E-state index in [-0.39, 0.29) is 11.9 Å². The largest absolute Gasteiger partial charge is 0.352 e. The first-order valence-electron chi connectivity index (χ1n) is 6.79. The number of thioether (sulfide) groups is 1. The summed E-state index contributed by atoms with van der Waals surface area (Å²) in [5, 5.41) is 6.36. The van der Waals surface area contributed by atoms with Gasteiger partial charge in [0, 0.05) is 18.3 Å². The number of carbonyl (C=O) groups excluding carboxylic acids is 1. The molecular formula is C14H24N2OS. The molecule has 3 nitrogen and oxygen atoms in total. The minimum atomic E-state index is -0.113. The smallest absolute Gasteiger partial charge is 0.237 e. The first-order chi connectivity index (χ1) is 8.74. The van der Waals surface area contributed by atoms with Gasteiger partial charge in [-0.15, -0.1) is 18.2 Å². The van der Waals surface area contributed by atoms with Gasteiger partial charge >= 0.3 is 0 Å². The molecule has 1 atom stereocenters. The Kier molecular flexibility index (Phi) is 7.95. The van der Waals surface area contributed by atoms with Gasteiger partial charge in [-0.1, -0.05) is 25.2 Å². The summed E-state index contributed by atoms with van der Waals surface area (Å²) in [5.41, 5.74) is 0. The van der Waals surface area contributed by atoms with Crippen LogP contribution in [0.1, 0.15) is 39.0 Å². The lowest BCUT2D eigenvalue weighted by Crippen LogP contribution is -2.47. The van der Waals surface area contributed by atoms with Crippen molar-refractivity contribution in [3.63, 3.8) is 0 Å². The van der Waals surface area contributed by atoms with Crippen molar-refractivity contribution < 1.29 is 4.79 Å². The number of hydrogen-bond acceptors (Lipinski definition) is 3. The molecule has 1 rings (SSSR count). The predicted molar refractivity (Wildman–Crippen MR) is 78.6 cm³/mol. The van der Waals surface area contributed by atoms with Gasteiger partial charge in [-0.05, 0) is 19.8 Å². The van der Waals surface area contributed by atoms with Crippen LogP contribution in [-0.2, 0) is 4.79 Å². The fourth-order valence-electron chi connectivity index (χ4n) is 2.14. The number of hydrogen-bond donors (Lipinski definition) is 2. The van der Waals surface area contributed by atoms with Gasteiger partial charge < -0.3 is 10.6 Å². The molecule has 0 aromatic carbocycles. The van der Waals surface area contributed by atoms with Gasteiger partial charge in [0.15, 0.2) is 0 Å². The van der Waals surface area contributed by atoms with E-state index in [4.69, 9.17) is 6.42 Å². The van der Waals surface area contributed by atoms with Crippen molar-refractivity contribution in [2.75, 3.05) is 18.1 Å². The topological polar surface area (TPSA) is 41.1 Å². The fraction of sp³-hybridized carbons (Fsp3) is 0.786. The van der Waals surface area contributed by atoms with Crippen LogP contribution in [0.3, 0.4) is 0 Å². The monoisotopic (exact) mass is 268 g/mol. The highest BCUT2D eigenvalue weighted by atomic mass is 32.2. The lowest BCUT2D eigenvalue weighted by atomic mass is 9.95. The van der Waals surface area contributed by atoms with E-state index in [1.807, 2.05) is 6.92 Å². The molecule has 0 aliphatic heterocycles. The zero-order valence-corrected chi connectivity index (χ0v) is 12.0. The molecule has 0 bridgehead atoms. The molecule has 1 saturated carbocycles. The second-order valence-electron chi connectivity index (χ2n) is 4.78. The molecule has 2 N–H and O–H groups in total. The maximum atomic E-state index is 11.9. The second kappa shape index (κ2) is 9.29. The third kappa shape index (κ3) is 6.32. The Morgan fingerprint density at radius 3 is 2.83 bits per heavy atom. The van der Waals surface area contributed by atoms with Crippen LogP contribution in [0.4, 0.5) is 0 Å². The molecule has 1 aliphatic rings. The second-order valence-corrected chi connectivity index (χ2v) is 5.88. The number of terminal acetylenes is 1. The van der Waals surface area contributed by atoms with Crippen LogP contribution < -0.4 is 10.6 Å². The molecule has 1 fully saturated rings. The molecule has 1 amide bonds. The van der Waals surface area contributed by atoms with E-state index in [1.165, 1.54) is 19.3 Å². The number of rotatable bonds is 7. The van der Waals surface area contributed by atoms with Crippen molar-refractivity contribution >= 4 is 17.7 Å². The van der Waals surface area contributed by atoms with Gasteiger partial charge in [-0.3, -0.25) is 4.79 Å². The standard InChI is InChI=1S/C14H24N2OS/c1-3-10-18-11-9-15-12(2)14(17)16-13-7-5-4-6-8-13/h1,12-13,15H,4-11H2,2H3,(H,16,17). The number of nitrogens with one attached hydrogen (secondary N) is 2. The van der Waals surface area contributed by atoms with Crippen LogP contribution in [0.25, 0.3) is 0 Å². The first kappa shape index (κ1) is 15.4. The maximum absolute atomic E-state index is 11.9. The molecule has 0 radical (unpaired) electrons. The minimum Gasteiger partial charge on any atom is -0.352 e. The van der Waals surface area contributed by atoms with Gasteiger partial charge in [0.2, 0.25) is 5.91 Å². The first-order valence-corrected chi connectivity index (χ1v) is 7.94. The van der Waals surface area contributed by atoms with E-state index in [0.717, 1.165) is 30.9 Å². The van der Waals surface area contributed by atoms with Crippen molar-refractivity contribution in [3.05, 3.63) is 0 Å². The molecule has 1 unspecified atom stereocenters. The van der Waals surface area contributed by atoms with Gasteiger partial charge in [0.1, 0.15) is 0 Å². The van der Waals surface area contributed by atoms with Crippen molar-refractivity contribution in [3.8, 4) is 12.3 Å². The van der Waals surface area contributed by atoms with Gasteiger partial charge in [-0.2, -0.15) is 0 Å². The predicted octanol–water partition coefficient (Wildman–Crippen LogP) is 1.78. The Hall–Kier alpha value is -0.660. The number of amides is 1. The minimum absolute atomic E-state index is 0.113. The summed E-state index contributed by atoms with van der Waals surface area (Å²) in [5.74, 6) is 4.41. The molecule has 1 aliphatic carbocycles. The van der Waals surface area contributed by atoms with E-state index in [2.05, 4.69) is 16.6 Å². The Balaban J connectivity index is 2.10. The third-order valence-corrected chi connectivity index (χ3v) is 4.09. The summed E-state index contributed by atoms with van der Waals surface area (Å²) < 4.78 is 0. The zero-order valence-electron chi connectivity index (χ0n) is 11.2. The van der Waals surface area contributed by atoms with Gasteiger partial charge in [0.05, 0.1) is 11.8 Å². The highest BCUT2D eigenvalue weighted by Gasteiger charge is 2.18. The molecule has 0 aromatic heterocycles. The molecule has 0 saturated heterocycles. The SMILES string of the molecule is C#CCSCCNC(C)C(=O)NC1CCCCC1. The lowest BCUT2D eigenvalue weighted by molar-refractivity contribution is -0.123. The van der Waals surface area contributed by atoms with Crippen LogP contribution in [0.5, 0.6) is 0 Å². The molecule has 0 aromatic rings. The van der Waals surface area contributed by atoms with E-state index in [9.17, 15) is 4.79 Å². The Morgan fingerprint density at radius 1 is 1.44 bits per heavy atom. The Morgan fingerprint density at radius 2 is 2.17 bits per heavy atom. The molecule has 0 spiro atoms. The molecule has 18 heavy (non-hydrogen) atoms.